The van der Waals surface area contributed by atoms with Gasteiger partial charge in [-0.05, 0) is 49.3 Å². The van der Waals surface area contributed by atoms with Crippen LogP contribution in [-0.2, 0) is 16.1 Å². The second kappa shape index (κ2) is 6.64. The van der Waals surface area contributed by atoms with Crippen LogP contribution in [0.1, 0.15) is 25.7 Å². The number of methoxy groups -OCH3 is 1. The van der Waals surface area contributed by atoms with Crippen LogP contribution in [0.5, 0.6) is 0 Å². The zero-order chi connectivity index (χ0) is 17.4. The Morgan fingerprint density at radius 2 is 2.12 bits per heavy atom. The highest BCUT2D eigenvalue weighted by Crippen LogP contribution is 2.48. The second-order valence-corrected chi connectivity index (χ2v) is 7.34. The van der Waals surface area contributed by atoms with Crippen molar-refractivity contribution in [2.75, 3.05) is 19.0 Å². The summed E-state index contributed by atoms with van der Waals surface area (Å²) >= 11 is 0. The minimum Gasteiger partial charge on any atom is -0.383 e. The Morgan fingerprint density at radius 3 is 2.84 bits per heavy atom. The third-order valence-corrected chi connectivity index (χ3v) is 5.89. The van der Waals surface area contributed by atoms with Gasteiger partial charge in [0.1, 0.15) is 0 Å². The number of pyridine rings is 1. The predicted octanol–water partition coefficient (Wildman–Crippen LogP) is 3.02. The van der Waals surface area contributed by atoms with Gasteiger partial charge < -0.3 is 14.6 Å². The molecule has 3 atom stereocenters. The van der Waals surface area contributed by atoms with Crippen molar-refractivity contribution in [2.45, 2.75) is 32.2 Å². The summed E-state index contributed by atoms with van der Waals surface area (Å²) in [5.41, 5.74) is 0.687. The third-order valence-electron chi connectivity index (χ3n) is 5.89. The number of aromatic nitrogens is 1. The normalized spacial score (nSPS) is 24.8. The van der Waals surface area contributed by atoms with Crippen LogP contribution < -0.4 is 10.9 Å². The van der Waals surface area contributed by atoms with E-state index in [9.17, 15) is 9.59 Å². The molecule has 2 saturated carbocycles. The number of carbonyl (C=O) groups is 1. The summed E-state index contributed by atoms with van der Waals surface area (Å²) in [6, 6.07) is 7.43. The number of nitrogens with zero attached hydrogens (tertiary/aromatic N) is 1. The SMILES string of the molecule is COCCn1ccc2c(NC(=O)[C@H]3C[C@@H]4CC[C@H]3C4)cccc2c1=O. The van der Waals surface area contributed by atoms with Crippen molar-refractivity contribution in [3.63, 3.8) is 0 Å². The van der Waals surface area contributed by atoms with E-state index in [1.165, 1.54) is 19.3 Å². The lowest BCUT2D eigenvalue weighted by Gasteiger charge is -2.21. The van der Waals surface area contributed by atoms with Crippen molar-refractivity contribution in [3.05, 3.63) is 40.8 Å². The van der Waals surface area contributed by atoms with Crippen molar-refractivity contribution in [2.24, 2.45) is 17.8 Å². The van der Waals surface area contributed by atoms with Gasteiger partial charge in [-0.3, -0.25) is 9.59 Å². The molecule has 1 aromatic heterocycles. The molecule has 132 valence electrons. The van der Waals surface area contributed by atoms with Crippen LogP contribution in [0.4, 0.5) is 5.69 Å². The highest BCUT2D eigenvalue weighted by molar-refractivity contribution is 6.02. The molecule has 2 fully saturated rings. The fourth-order valence-electron chi connectivity index (χ4n) is 4.58. The van der Waals surface area contributed by atoms with Crippen molar-refractivity contribution in [3.8, 4) is 0 Å². The molecule has 5 heteroatoms. The first-order valence-corrected chi connectivity index (χ1v) is 9.09. The monoisotopic (exact) mass is 340 g/mol. The number of carbonyl (C=O) groups excluding carboxylic acids is 1. The lowest BCUT2D eigenvalue weighted by atomic mass is 9.88. The Morgan fingerprint density at radius 1 is 1.24 bits per heavy atom. The van der Waals surface area contributed by atoms with Crippen LogP contribution in [0.25, 0.3) is 10.8 Å². The number of hydrogen-bond acceptors (Lipinski definition) is 3. The van der Waals surface area contributed by atoms with E-state index >= 15 is 0 Å². The van der Waals surface area contributed by atoms with Crippen molar-refractivity contribution in [1.29, 1.82) is 0 Å². The third kappa shape index (κ3) is 2.97. The number of benzene rings is 1. The van der Waals surface area contributed by atoms with E-state index in [0.717, 1.165) is 23.4 Å². The maximum Gasteiger partial charge on any atom is 0.258 e. The van der Waals surface area contributed by atoms with Crippen molar-refractivity contribution in [1.82, 2.24) is 4.57 Å². The Hall–Kier alpha value is -2.14. The maximum atomic E-state index is 12.7. The summed E-state index contributed by atoms with van der Waals surface area (Å²) in [6.45, 7) is 1.01. The number of anilines is 1. The first-order chi connectivity index (χ1) is 12.2. The molecular weight excluding hydrogens is 316 g/mol. The van der Waals surface area contributed by atoms with Crippen molar-refractivity contribution < 1.29 is 9.53 Å². The quantitative estimate of drug-likeness (QED) is 0.910. The van der Waals surface area contributed by atoms with Crippen LogP contribution >= 0.6 is 0 Å². The number of rotatable bonds is 5. The number of ether oxygens (including phenoxy) is 1. The van der Waals surface area contributed by atoms with Gasteiger partial charge in [0.25, 0.3) is 5.56 Å². The predicted molar refractivity (Wildman–Crippen MR) is 97.7 cm³/mol. The van der Waals surface area contributed by atoms with E-state index in [2.05, 4.69) is 5.32 Å². The minimum atomic E-state index is -0.0504. The lowest BCUT2D eigenvalue weighted by molar-refractivity contribution is -0.121. The van der Waals surface area contributed by atoms with Gasteiger partial charge >= 0.3 is 0 Å². The molecular formula is C20H24N2O3. The van der Waals surface area contributed by atoms with Gasteiger partial charge in [-0.15, -0.1) is 0 Å². The summed E-state index contributed by atoms with van der Waals surface area (Å²) in [5.74, 6) is 1.53. The number of fused-ring (bicyclic) bond motifs is 3. The first kappa shape index (κ1) is 16.3. The Balaban J connectivity index is 1.60. The zero-order valence-electron chi connectivity index (χ0n) is 14.5. The van der Waals surface area contributed by atoms with E-state index in [0.29, 0.717) is 24.5 Å². The summed E-state index contributed by atoms with van der Waals surface area (Å²) in [5, 5.41) is 4.52. The molecule has 2 aromatic rings. The van der Waals surface area contributed by atoms with Gasteiger partial charge in [0.05, 0.1) is 6.61 Å². The zero-order valence-corrected chi connectivity index (χ0v) is 14.5. The first-order valence-electron chi connectivity index (χ1n) is 9.09. The van der Waals surface area contributed by atoms with Crippen LogP contribution in [0.2, 0.25) is 0 Å². The second-order valence-electron chi connectivity index (χ2n) is 7.34. The molecule has 0 saturated heterocycles. The molecule has 0 unspecified atom stereocenters. The molecule has 0 radical (unpaired) electrons. The molecule has 4 rings (SSSR count). The fourth-order valence-corrected chi connectivity index (χ4v) is 4.58. The molecule has 0 aliphatic heterocycles. The van der Waals surface area contributed by atoms with Gasteiger partial charge in [-0.25, -0.2) is 0 Å². The Labute approximate surface area is 147 Å². The van der Waals surface area contributed by atoms with Gasteiger partial charge in [0.15, 0.2) is 0 Å². The molecule has 25 heavy (non-hydrogen) atoms. The number of nitrogens with one attached hydrogen (secondary N) is 1. The molecule has 2 bridgehead atoms. The fraction of sp³-hybridized carbons (Fsp3) is 0.500. The van der Waals surface area contributed by atoms with E-state index in [-0.39, 0.29) is 17.4 Å². The van der Waals surface area contributed by atoms with E-state index in [1.54, 1.807) is 17.9 Å². The minimum absolute atomic E-state index is 0.0504. The van der Waals surface area contributed by atoms with E-state index in [4.69, 9.17) is 4.74 Å². The average molecular weight is 340 g/mol. The lowest BCUT2D eigenvalue weighted by Crippen LogP contribution is -2.27. The van der Waals surface area contributed by atoms with Crippen LogP contribution in [0, 0.1) is 17.8 Å². The van der Waals surface area contributed by atoms with E-state index < -0.39 is 0 Å². The highest BCUT2D eigenvalue weighted by Gasteiger charge is 2.43. The Kier molecular flexibility index (Phi) is 4.34. The topological polar surface area (TPSA) is 60.3 Å². The molecule has 1 heterocycles. The van der Waals surface area contributed by atoms with Crippen molar-refractivity contribution >= 4 is 22.4 Å². The van der Waals surface area contributed by atoms with Crippen LogP contribution in [0.3, 0.4) is 0 Å². The average Bonchev–Trinajstić information content (AvgIpc) is 3.25. The summed E-state index contributed by atoms with van der Waals surface area (Å²) in [6.07, 6.45) is 6.46. The summed E-state index contributed by atoms with van der Waals surface area (Å²) in [7, 11) is 1.62. The molecule has 1 N–H and O–H groups in total. The summed E-state index contributed by atoms with van der Waals surface area (Å²) < 4.78 is 6.70. The largest absolute Gasteiger partial charge is 0.383 e. The molecule has 2 aliphatic carbocycles. The molecule has 1 aromatic carbocycles. The highest BCUT2D eigenvalue weighted by atomic mass is 16.5. The standard InChI is InChI=1S/C20H24N2O3/c1-25-10-9-22-8-7-15-16(20(22)24)3-2-4-18(15)21-19(23)17-12-13-5-6-14(17)11-13/h2-4,7-8,13-14,17H,5-6,9-12H2,1H3,(H,21,23)/t13-,14+,17+/m1/s1. The van der Waals surface area contributed by atoms with Gasteiger partial charge in [0, 0.05) is 42.2 Å². The van der Waals surface area contributed by atoms with Crippen LogP contribution in [-0.4, -0.2) is 24.2 Å². The van der Waals surface area contributed by atoms with Gasteiger partial charge in [0.2, 0.25) is 5.91 Å². The number of hydrogen-bond donors (Lipinski definition) is 1. The molecule has 5 nitrogen and oxygen atoms in total. The van der Waals surface area contributed by atoms with Gasteiger partial charge in [-0.2, -0.15) is 0 Å². The number of amides is 1. The van der Waals surface area contributed by atoms with Crippen LogP contribution in [0.15, 0.2) is 35.3 Å². The van der Waals surface area contributed by atoms with E-state index in [1.807, 2.05) is 24.3 Å². The van der Waals surface area contributed by atoms with Gasteiger partial charge in [-0.1, -0.05) is 12.5 Å². The smallest absolute Gasteiger partial charge is 0.258 e. The molecule has 1 amide bonds. The summed E-state index contributed by atoms with van der Waals surface area (Å²) in [4.78, 5) is 25.4. The molecule has 0 spiro atoms. The maximum absolute atomic E-state index is 12.7. The molecule has 2 aliphatic rings. The Bertz CT molecular complexity index is 858.